The molecule has 3 aromatic rings. The van der Waals surface area contributed by atoms with E-state index >= 15 is 0 Å². The number of halogens is 3. The largest absolute Gasteiger partial charge is 0.416 e. The second-order valence-corrected chi connectivity index (χ2v) is 8.99. The van der Waals surface area contributed by atoms with Gasteiger partial charge in [0.15, 0.2) is 0 Å². The highest BCUT2D eigenvalue weighted by Crippen LogP contribution is 2.29. The summed E-state index contributed by atoms with van der Waals surface area (Å²) in [6, 6.07) is 5.88. The van der Waals surface area contributed by atoms with E-state index in [1.807, 2.05) is 16.4 Å². The van der Waals surface area contributed by atoms with Crippen molar-refractivity contribution in [2.45, 2.75) is 58.0 Å². The summed E-state index contributed by atoms with van der Waals surface area (Å²) in [6.45, 7) is 4.08. The van der Waals surface area contributed by atoms with Gasteiger partial charge in [0.25, 0.3) is 5.56 Å². The molecule has 1 atom stereocenters. The number of rotatable bonds is 7. The Kier molecular flexibility index (Phi) is 7.15. The second-order valence-electron chi connectivity index (χ2n) is 8.99. The molecule has 3 heterocycles. The molecule has 8 nitrogen and oxygen atoms in total. The van der Waals surface area contributed by atoms with E-state index in [4.69, 9.17) is 5.73 Å². The minimum Gasteiger partial charge on any atom is -0.356 e. The van der Waals surface area contributed by atoms with Gasteiger partial charge in [-0.25, -0.2) is 9.78 Å². The van der Waals surface area contributed by atoms with E-state index in [1.54, 1.807) is 17.1 Å². The standard InChI is InChI=1S/C24H29F3N6O2/c1-17-13-29-16-31(17)10-3-11-32-21(30-9-2-4-20(28)15-30)12-22(34)33(23(32)35)14-18-5-7-19(8-6-18)24(25,26)27/h5-8,12-13,16,20H,2-4,9-11,14-15,28H2,1H3/t20-/m1/s1. The van der Waals surface area contributed by atoms with Gasteiger partial charge in [0, 0.05) is 50.2 Å². The molecule has 188 valence electrons. The van der Waals surface area contributed by atoms with Crippen LogP contribution in [0.15, 0.2) is 52.4 Å². The molecule has 0 saturated carbocycles. The summed E-state index contributed by atoms with van der Waals surface area (Å²) in [6.07, 6.45) is 1.41. The molecule has 35 heavy (non-hydrogen) atoms. The van der Waals surface area contributed by atoms with Gasteiger partial charge in [0.05, 0.1) is 18.4 Å². The molecule has 4 rings (SSSR count). The number of aromatic nitrogens is 4. The Morgan fingerprint density at radius 2 is 1.86 bits per heavy atom. The van der Waals surface area contributed by atoms with Crippen LogP contribution in [-0.4, -0.2) is 37.8 Å². The summed E-state index contributed by atoms with van der Waals surface area (Å²) in [7, 11) is 0. The fraction of sp³-hybridized carbons (Fsp3) is 0.458. The first-order valence-electron chi connectivity index (χ1n) is 11.6. The number of hydrogen-bond donors (Lipinski definition) is 1. The Morgan fingerprint density at radius 3 is 2.49 bits per heavy atom. The fourth-order valence-corrected chi connectivity index (χ4v) is 4.44. The lowest BCUT2D eigenvalue weighted by atomic mass is 10.1. The topological polar surface area (TPSA) is 91.1 Å². The first kappa shape index (κ1) is 24.8. The maximum atomic E-state index is 13.5. The molecule has 0 bridgehead atoms. The van der Waals surface area contributed by atoms with Gasteiger partial charge in [0.2, 0.25) is 0 Å². The minimum absolute atomic E-state index is 0.0459. The number of piperidine rings is 1. The first-order chi connectivity index (χ1) is 16.6. The molecular weight excluding hydrogens is 461 g/mol. The van der Waals surface area contributed by atoms with Crippen LogP contribution in [0.4, 0.5) is 19.0 Å². The van der Waals surface area contributed by atoms with Gasteiger partial charge < -0.3 is 15.2 Å². The van der Waals surface area contributed by atoms with Gasteiger partial charge >= 0.3 is 11.9 Å². The maximum absolute atomic E-state index is 13.5. The van der Waals surface area contributed by atoms with Crippen LogP contribution < -0.4 is 21.9 Å². The summed E-state index contributed by atoms with van der Waals surface area (Å²) < 4.78 is 43.3. The zero-order valence-corrected chi connectivity index (χ0v) is 19.5. The maximum Gasteiger partial charge on any atom is 0.416 e. The Morgan fingerprint density at radius 1 is 1.11 bits per heavy atom. The number of hydrogen-bond acceptors (Lipinski definition) is 5. The Bertz CT molecular complexity index is 1280. The molecule has 0 spiro atoms. The summed E-state index contributed by atoms with van der Waals surface area (Å²) in [5.41, 5.74) is 5.82. The van der Waals surface area contributed by atoms with Crippen molar-refractivity contribution in [3.63, 3.8) is 0 Å². The number of nitrogens with two attached hydrogens (primary N) is 1. The van der Waals surface area contributed by atoms with Crippen LogP contribution in [0.25, 0.3) is 0 Å². The lowest BCUT2D eigenvalue weighted by Crippen LogP contribution is -2.48. The van der Waals surface area contributed by atoms with Crippen molar-refractivity contribution < 1.29 is 13.2 Å². The van der Waals surface area contributed by atoms with Crippen molar-refractivity contribution in [3.05, 3.63) is 80.5 Å². The van der Waals surface area contributed by atoms with Crippen LogP contribution in [0.3, 0.4) is 0 Å². The number of alkyl halides is 3. The van der Waals surface area contributed by atoms with E-state index in [2.05, 4.69) is 4.98 Å². The van der Waals surface area contributed by atoms with E-state index < -0.39 is 23.0 Å². The highest BCUT2D eigenvalue weighted by atomic mass is 19.4. The van der Waals surface area contributed by atoms with Gasteiger partial charge in [-0.05, 0) is 43.9 Å². The third-order valence-electron chi connectivity index (χ3n) is 6.36. The van der Waals surface area contributed by atoms with Crippen molar-refractivity contribution in [2.75, 3.05) is 18.0 Å². The fourth-order valence-electron chi connectivity index (χ4n) is 4.44. The van der Waals surface area contributed by atoms with Crippen molar-refractivity contribution >= 4 is 5.82 Å². The van der Waals surface area contributed by atoms with Crippen LogP contribution in [-0.2, 0) is 25.8 Å². The van der Waals surface area contributed by atoms with Crippen molar-refractivity contribution in [3.8, 4) is 0 Å². The Balaban J connectivity index is 1.65. The quantitative estimate of drug-likeness (QED) is 0.550. The van der Waals surface area contributed by atoms with Crippen LogP contribution in [0.2, 0.25) is 0 Å². The summed E-state index contributed by atoms with van der Waals surface area (Å²) in [4.78, 5) is 32.6. The predicted octanol–water partition coefficient (Wildman–Crippen LogP) is 2.60. The molecule has 1 aliphatic heterocycles. The number of aryl methyl sites for hydroxylation is 2. The summed E-state index contributed by atoms with van der Waals surface area (Å²) in [5.74, 6) is 0.529. The lowest BCUT2D eigenvalue weighted by Gasteiger charge is -2.34. The normalized spacial score (nSPS) is 16.6. The predicted molar refractivity (Wildman–Crippen MR) is 127 cm³/mol. The van der Waals surface area contributed by atoms with E-state index in [1.165, 1.54) is 18.2 Å². The van der Waals surface area contributed by atoms with Crippen LogP contribution in [0.5, 0.6) is 0 Å². The zero-order valence-electron chi connectivity index (χ0n) is 19.5. The molecule has 11 heteroatoms. The number of nitrogens with zero attached hydrogens (tertiary/aromatic N) is 5. The lowest BCUT2D eigenvalue weighted by molar-refractivity contribution is -0.137. The average molecular weight is 491 g/mol. The van der Waals surface area contributed by atoms with E-state index in [9.17, 15) is 22.8 Å². The molecule has 2 N–H and O–H groups in total. The third kappa shape index (κ3) is 5.67. The Labute approximate surface area is 200 Å². The van der Waals surface area contributed by atoms with Gasteiger partial charge in [-0.3, -0.25) is 13.9 Å². The van der Waals surface area contributed by atoms with Gasteiger partial charge in [-0.15, -0.1) is 0 Å². The molecule has 0 radical (unpaired) electrons. The molecule has 1 aliphatic rings. The van der Waals surface area contributed by atoms with Gasteiger partial charge in [-0.2, -0.15) is 13.2 Å². The first-order valence-corrected chi connectivity index (χ1v) is 11.6. The molecule has 0 unspecified atom stereocenters. The van der Waals surface area contributed by atoms with Crippen molar-refractivity contribution in [2.24, 2.45) is 5.73 Å². The zero-order chi connectivity index (χ0) is 25.2. The number of imidazole rings is 1. The SMILES string of the molecule is Cc1cncn1CCCn1c(N2CCC[C@@H](N)C2)cc(=O)n(Cc2ccc(C(F)(F)F)cc2)c1=O. The third-order valence-corrected chi connectivity index (χ3v) is 6.36. The van der Waals surface area contributed by atoms with E-state index in [0.717, 1.165) is 35.2 Å². The molecule has 1 saturated heterocycles. The molecule has 2 aromatic heterocycles. The Hall–Kier alpha value is -3.34. The van der Waals surface area contributed by atoms with Crippen molar-refractivity contribution in [1.29, 1.82) is 0 Å². The van der Waals surface area contributed by atoms with Gasteiger partial charge in [-0.1, -0.05) is 12.1 Å². The van der Waals surface area contributed by atoms with E-state index in [0.29, 0.717) is 44.0 Å². The highest BCUT2D eigenvalue weighted by molar-refractivity contribution is 5.39. The summed E-state index contributed by atoms with van der Waals surface area (Å²) >= 11 is 0. The number of anilines is 1. The highest BCUT2D eigenvalue weighted by Gasteiger charge is 2.30. The van der Waals surface area contributed by atoms with Gasteiger partial charge in [0.1, 0.15) is 5.82 Å². The molecule has 1 aromatic carbocycles. The minimum atomic E-state index is -4.45. The van der Waals surface area contributed by atoms with Crippen LogP contribution in [0, 0.1) is 6.92 Å². The smallest absolute Gasteiger partial charge is 0.356 e. The molecular formula is C24H29F3N6O2. The second kappa shape index (κ2) is 10.1. The molecule has 0 amide bonds. The van der Waals surface area contributed by atoms with Crippen LogP contribution >= 0.6 is 0 Å². The molecule has 1 fully saturated rings. The monoisotopic (exact) mass is 490 g/mol. The van der Waals surface area contributed by atoms with Crippen molar-refractivity contribution in [1.82, 2.24) is 18.7 Å². The van der Waals surface area contributed by atoms with E-state index in [-0.39, 0.29) is 12.6 Å². The van der Waals surface area contributed by atoms with Crippen LogP contribution in [0.1, 0.15) is 36.1 Å². The summed E-state index contributed by atoms with van der Waals surface area (Å²) in [5, 5.41) is 0. The number of benzene rings is 1. The molecule has 0 aliphatic carbocycles. The average Bonchev–Trinajstić information content (AvgIpc) is 3.22.